The van der Waals surface area contributed by atoms with E-state index >= 15 is 0 Å². The lowest BCUT2D eigenvalue weighted by Crippen LogP contribution is -2.07. The van der Waals surface area contributed by atoms with Gasteiger partial charge in [-0.1, -0.05) is 0 Å². The van der Waals surface area contributed by atoms with Crippen molar-refractivity contribution < 1.29 is 23.8 Å². The highest BCUT2D eigenvalue weighted by atomic mass is 32.1. The molecule has 0 saturated carbocycles. The Bertz CT molecular complexity index is 1070. The van der Waals surface area contributed by atoms with Crippen LogP contribution < -0.4 is 4.74 Å². The second-order valence-electron chi connectivity index (χ2n) is 6.44. The summed E-state index contributed by atoms with van der Waals surface area (Å²) in [4.78, 5) is 35.2. The number of aryl methyl sites for hydroxylation is 3. The molecule has 0 unspecified atom stereocenters. The molecule has 1 aromatic carbocycles. The number of rotatable bonds is 4. The molecule has 0 amide bonds. The lowest BCUT2D eigenvalue weighted by molar-refractivity contribution is 0.0598. The highest BCUT2D eigenvalue weighted by Crippen LogP contribution is 2.41. The number of methoxy groups -OCH3 is 2. The van der Waals surface area contributed by atoms with E-state index in [4.69, 9.17) is 14.2 Å². The molecule has 3 aromatic rings. The van der Waals surface area contributed by atoms with Gasteiger partial charge in [-0.25, -0.2) is 14.6 Å². The Morgan fingerprint density at radius 1 is 1.00 bits per heavy atom. The van der Waals surface area contributed by atoms with Crippen LogP contribution in [0.4, 0.5) is 0 Å². The Balaban J connectivity index is 1.83. The molecule has 0 atom stereocenters. The SMILES string of the molecule is COC(=O)c1cc(Oc2nc(C)nc3sc4c(c23)CCC4)cc(C(=O)OC)c1. The Hall–Kier alpha value is -3.00. The van der Waals surface area contributed by atoms with Gasteiger partial charge in [0.05, 0.1) is 30.7 Å². The molecule has 0 bridgehead atoms. The highest BCUT2D eigenvalue weighted by molar-refractivity contribution is 7.19. The van der Waals surface area contributed by atoms with Gasteiger partial charge in [-0.3, -0.25) is 0 Å². The number of hydrogen-bond acceptors (Lipinski definition) is 8. The first-order valence-electron chi connectivity index (χ1n) is 8.78. The zero-order valence-electron chi connectivity index (χ0n) is 15.7. The molecule has 8 heteroatoms. The average Bonchev–Trinajstić information content (AvgIpc) is 3.26. The predicted octanol–water partition coefficient (Wildman–Crippen LogP) is 3.85. The standard InChI is InChI=1S/C20H18N2O5S/c1-10-21-17(16-14-5-4-6-15(14)28-18(16)22-10)27-13-8-11(19(23)25-2)7-12(9-13)20(24)26-3/h7-9H,4-6H2,1-3H3. The van der Waals surface area contributed by atoms with Gasteiger partial charge in [-0.15, -0.1) is 11.3 Å². The number of nitrogens with zero attached hydrogens (tertiary/aromatic N) is 2. The number of benzene rings is 1. The van der Waals surface area contributed by atoms with Crippen LogP contribution in [0.3, 0.4) is 0 Å². The fourth-order valence-corrected chi connectivity index (χ4v) is 4.68. The maximum Gasteiger partial charge on any atom is 0.338 e. The molecule has 0 radical (unpaired) electrons. The minimum atomic E-state index is -0.573. The molecule has 0 spiro atoms. The first kappa shape index (κ1) is 18.4. The van der Waals surface area contributed by atoms with Crippen molar-refractivity contribution in [3.63, 3.8) is 0 Å². The van der Waals surface area contributed by atoms with E-state index in [1.807, 2.05) is 6.92 Å². The maximum absolute atomic E-state index is 12.0. The van der Waals surface area contributed by atoms with Crippen molar-refractivity contribution in [2.45, 2.75) is 26.2 Å². The Labute approximate surface area is 165 Å². The van der Waals surface area contributed by atoms with Crippen LogP contribution in [-0.4, -0.2) is 36.1 Å². The molecule has 4 rings (SSSR count). The van der Waals surface area contributed by atoms with Crippen LogP contribution in [0.1, 0.15) is 43.4 Å². The van der Waals surface area contributed by atoms with E-state index in [-0.39, 0.29) is 11.1 Å². The number of aromatic nitrogens is 2. The van der Waals surface area contributed by atoms with E-state index in [2.05, 4.69) is 9.97 Å². The van der Waals surface area contributed by atoms with Crippen LogP contribution in [-0.2, 0) is 22.3 Å². The van der Waals surface area contributed by atoms with Gasteiger partial charge in [0.1, 0.15) is 16.4 Å². The molecule has 28 heavy (non-hydrogen) atoms. The van der Waals surface area contributed by atoms with Crippen molar-refractivity contribution in [2.24, 2.45) is 0 Å². The Morgan fingerprint density at radius 3 is 2.32 bits per heavy atom. The number of carbonyl (C=O) groups excluding carboxylic acids is 2. The van der Waals surface area contributed by atoms with Gasteiger partial charge in [0.25, 0.3) is 0 Å². The van der Waals surface area contributed by atoms with Crippen LogP contribution in [0.15, 0.2) is 18.2 Å². The summed E-state index contributed by atoms with van der Waals surface area (Å²) in [5, 5.41) is 0.909. The fourth-order valence-electron chi connectivity index (χ4n) is 3.38. The van der Waals surface area contributed by atoms with Crippen molar-refractivity contribution in [3.05, 3.63) is 45.6 Å². The lowest BCUT2D eigenvalue weighted by Gasteiger charge is -2.11. The third kappa shape index (κ3) is 3.20. The Kier molecular flexibility index (Phi) is 4.72. The normalized spacial score (nSPS) is 12.7. The molecule has 1 aliphatic carbocycles. The van der Waals surface area contributed by atoms with Gasteiger partial charge in [-0.2, -0.15) is 4.98 Å². The summed E-state index contributed by atoms with van der Waals surface area (Å²) in [5.41, 5.74) is 1.61. The fraction of sp³-hybridized carbons (Fsp3) is 0.300. The molecule has 0 N–H and O–H groups in total. The van der Waals surface area contributed by atoms with E-state index in [1.54, 1.807) is 11.3 Å². The van der Waals surface area contributed by atoms with Gasteiger partial charge >= 0.3 is 11.9 Å². The summed E-state index contributed by atoms with van der Waals surface area (Å²) in [6.07, 6.45) is 3.11. The van der Waals surface area contributed by atoms with Crippen molar-refractivity contribution in [1.29, 1.82) is 0 Å². The van der Waals surface area contributed by atoms with Crippen molar-refractivity contribution in [2.75, 3.05) is 14.2 Å². The first-order valence-corrected chi connectivity index (χ1v) is 9.60. The van der Waals surface area contributed by atoms with Gasteiger partial charge in [0.2, 0.25) is 5.88 Å². The molecule has 0 fully saturated rings. The third-order valence-electron chi connectivity index (χ3n) is 4.61. The zero-order chi connectivity index (χ0) is 19.8. The molecule has 0 saturated heterocycles. The van der Waals surface area contributed by atoms with E-state index in [0.29, 0.717) is 17.5 Å². The van der Waals surface area contributed by atoms with Crippen LogP contribution in [0.25, 0.3) is 10.2 Å². The van der Waals surface area contributed by atoms with Crippen molar-refractivity contribution in [1.82, 2.24) is 9.97 Å². The number of esters is 2. The third-order valence-corrected chi connectivity index (χ3v) is 5.79. The molecule has 7 nitrogen and oxygen atoms in total. The molecular weight excluding hydrogens is 380 g/mol. The molecule has 2 heterocycles. The number of carbonyl (C=O) groups is 2. The van der Waals surface area contributed by atoms with Crippen molar-refractivity contribution >= 4 is 33.5 Å². The van der Waals surface area contributed by atoms with Gasteiger partial charge < -0.3 is 14.2 Å². The van der Waals surface area contributed by atoms with Crippen molar-refractivity contribution in [3.8, 4) is 11.6 Å². The zero-order valence-corrected chi connectivity index (χ0v) is 16.5. The minimum absolute atomic E-state index is 0.193. The van der Waals surface area contributed by atoms with E-state index in [9.17, 15) is 9.59 Å². The predicted molar refractivity (Wildman–Crippen MR) is 103 cm³/mol. The van der Waals surface area contributed by atoms with Gasteiger partial charge in [0, 0.05) is 4.88 Å². The monoisotopic (exact) mass is 398 g/mol. The number of hydrogen-bond donors (Lipinski definition) is 0. The summed E-state index contributed by atoms with van der Waals surface area (Å²) in [6, 6.07) is 4.45. The van der Waals surface area contributed by atoms with E-state index in [0.717, 1.165) is 29.5 Å². The highest BCUT2D eigenvalue weighted by Gasteiger charge is 2.23. The van der Waals surface area contributed by atoms with E-state index < -0.39 is 11.9 Å². The topological polar surface area (TPSA) is 87.6 Å². The Morgan fingerprint density at radius 2 is 1.68 bits per heavy atom. The summed E-state index contributed by atoms with van der Waals surface area (Å²) in [7, 11) is 2.55. The largest absolute Gasteiger partial charge is 0.465 e. The van der Waals surface area contributed by atoms with Crippen LogP contribution >= 0.6 is 11.3 Å². The number of ether oxygens (including phenoxy) is 3. The quantitative estimate of drug-likeness (QED) is 0.617. The molecule has 1 aliphatic rings. The van der Waals surface area contributed by atoms with Gasteiger partial charge in [-0.05, 0) is 49.9 Å². The van der Waals surface area contributed by atoms with E-state index in [1.165, 1.54) is 42.9 Å². The second kappa shape index (κ2) is 7.20. The average molecular weight is 398 g/mol. The molecule has 144 valence electrons. The first-order chi connectivity index (χ1) is 13.5. The maximum atomic E-state index is 12.0. The van der Waals surface area contributed by atoms with Crippen LogP contribution in [0, 0.1) is 6.92 Å². The summed E-state index contributed by atoms with van der Waals surface area (Å²) >= 11 is 1.67. The summed E-state index contributed by atoms with van der Waals surface area (Å²) in [6.45, 7) is 1.81. The van der Waals surface area contributed by atoms with Gasteiger partial charge in [0.15, 0.2) is 0 Å². The number of thiophene rings is 1. The molecule has 0 aliphatic heterocycles. The minimum Gasteiger partial charge on any atom is -0.465 e. The summed E-state index contributed by atoms with van der Waals surface area (Å²) < 4.78 is 15.6. The molecular formula is C20H18N2O5S. The summed E-state index contributed by atoms with van der Waals surface area (Å²) in [5.74, 6) is 0.187. The lowest BCUT2D eigenvalue weighted by atomic mass is 10.1. The van der Waals surface area contributed by atoms with Crippen LogP contribution in [0.2, 0.25) is 0 Å². The molecule has 2 aromatic heterocycles. The second-order valence-corrected chi connectivity index (χ2v) is 7.53. The number of fused-ring (bicyclic) bond motifs is 3. The smallest absolute Gasteiger partial charge is 0.338 e. The van der Waals surface area contributed by atoms with Crippen LogP contribution in [0.5, 0.6) is 11.6 Å².